The molecule has 0 aromatic rings. The Morgan fingerprint density at radius 3 is 0.803 bits per heavy atom. The maximum Gasteiger partial charge on any atom is 0.306 e. The summed E-state index contributed by atoms with van der Waals surface area (Å²) in [6.07, 6.45) is 72.9. The number of esters is 3. The van der Waals surface area contributed by atoms with Crippen LogP contribution in [-0.4, -0.2) is 37.2 Å². The average Bonchev–Trinajstić information content (AvgIpc) is 3.37. The van der Waals surface area contributed by atoms with Crippen LogP contribution < -0.4 is 0 Å². The molecule has 0 aliphatic rings. The fourth-order valence-corrected chi connectivity index (χ4v) is 9.35. The number of allylic oxidation sites excluding steroid dienone is 6. The predicted molar refractivity (Wildman–Crippen MR) is 307 cm³/mol. The van der Waals surface area contributed by atoms with Gasteiger partial charge in [-0.3, -0.25) is 14.4 Å². The second kappa shape index (κ2) is 60.2. The highest BCUT2D eigenvalue weighted by molar-refractivity contribution is 5.71. The Labute approximate surface area is 442 Å². The van der Waals surface area contributed by atoms with Crippen molar-refractivity contribution in [3.05, 3.63) is 36.5 Å². The highest BCUT2D eigenvalue weighted by Crippen LogP contribution is 2.17. The third-order valence-electron chi connectivity index (χ3n) is 14.1. The molecule has 416 valence electrons. The summed E-state index contributed by atoms with van der Waals surface area (Å²) in [6, 6.07) is 0. The standard InChI is InChI=1S/C65H120O6/c1-4-7-10-13-16-19-22-25-28-30-32-33-34-36-37-40-43-46-49-52-55-58-64(67)70-61-62(60-69-63(66)57-54-51-48-45-42-39-27-24-21-18-15-12-9-6-3)71-65(68)59-56-53-50-47-44-41-38-35-31-29-26-23-20-17-14-11-8-5-2/h20,23-24,27,29,31,62H,4-19,21-22,25-26,28,30,32-61H2,1-3H3/b23-20-,27-24-,31-29-. The van der Waals surface area contributed by atoms with E-state index in [0.29, 0.717) is 19.3 Å². The number of carbonyl (C=O) groups is 3. The van der Waals surface area contributed by atoms with Crippen LogP contribution in [0.3, 0.4) is 0 Å². The summed E-state index contributed by atoms with van der Waals surface area (Å²) >= 11 is 0. The second-order valence-corrected chi connectivity index (χ2v) is 21.3. The molecule has 0 aromatic carbocycles. The summed E-state index contributed by atoms with van der Waals surface area (Å²) < 4.78 is 16.9. The summed E-state index contributed by atoms with van der Waals surface area (Å²) in [7, 11) is 0. The molecule has 0 saturated heterocycles. The van der Waals surface area contributed by atoms with Crippen molar-refractivity contribution in [2.45, 2.75) is 348 Å². The lowest BCUT2D eigenvalue weighted by Gasteiger charge is -2.18. The van der Waals surface area contributed by atoms with Crippen molar-refractivity contribution in [3.8, 4) is 0 Å². The van der Waals surface area contributed by atoms with Crippen LogP contribution in [0.1, 0.15) is 342 Å². The number of hydrogen-bond acceptors (Lipinski definition) is 6. The Hall–Kier alpha value is -2.37. The Bertz CT molecular complexity index is 1190. The molecule has 0 heterocycles. The minimum absolute atomic E-state index is 0.0740. The molecular formula is C65H120O6. The van der Waals surface area contributed by atoms with Gasteiger partial charge in [-0.1, -0.05) is 282 Å². The smallest absolute Gasteiger partial charge is 0.306 e. The molecule has 0 aliphatic carbocycles. The number of ether oxygens (including phenoxy) is 3. The Balaban J connectivity index is 4.31. The Morgan fingerprint density at radius 1 is 0.282 bits per heavy atom. The fourth-order valence-electron chi connectivity index (χ4n) is 9.35. The molecule has 6 heteroatoms. The van der Waals surface area contributed by atoms with Gasteiger partial charge in [-0.05, 0) is 77.0 Å². The third kappa shape index (κ3) is 58.4. The van der Waals surface area contributed by atoms with E-state index < -0.39 is 6.10 Å². The molecule has 1 atom stereocenters. The topological polar surface area (TPSA) is 78.9 Å². The van der Waals surface area contributed by atoms with Gasteiger partial charge in [0, 0.05) is 19.3 Å². The van der Waals surface area contributed by atoms with E-state index in [-0.39, 0.29) is 31.1 Å². The van der Waals surface area contributed by atoms with Gasteiger partial charge in [0.1, 0.15) is 13.2 Å². The molecule has 0 fully saturated rings. The van der Waals surface area contributed by atoms with Gasteiger partial charge < -0.3 is 14.2 Å². The van der Waals surface area contributed by atoms with Gasteiger partial charge in [0.05, 0.1) is 0 Å². The van der Waals surface area contributed by atoms with Crippen molar-refractivity contribution in [3.63, 3.8) is 0 Å². The van der Waals surface area contributed by atoms with E-state index >= 15 is 0 Å². The summed E-state index contributed by atoms with van der Waals surface area (Å²) in [5.41, 5.74) is 0. The molecule has 0 spiro atoms. The summed E-state index contributed by atoms with van der Waals surface area (Å²) in [4.78, 5) is 38.3. The van der Waals surface area contributed by atoms with E-state index in [1.807, 2.05) is 0 Å². The lowest BCUT2D eigenvalue weighted by atomic mass is 10.0. The van der Waals surface area contributed by atoms with Gasteiger partial charge in [0.2, 0.25) is 0 Å². The van der Waals surface area contributed by atoms with Crippen molar-refractivity contribution < 1.29 is 28.6 Å². The molecule has 0 saturated carbocycles. The van der Waals surface area contributed by atoms with Crippen molar-refractivity contribution in [2.75, 3.05) is 13.2 Å². The fraction of sp³-hybridized carbons (Fsp3) is 0.862. The maximum absolute atomic E-state index is 12.9. The predicted octanol–water partition coefficient (Wildman–Crippen LogP) is 21.2. The van der Waals surface area contributed by atoms with Crippen LogP contribution in [0.5, 0.6) is 0 Å². The van der Waals surface area contributed by atoms with Gasteiger partial charge in [0.15, 0.2) is 6.10 Å². The Kier molecular flexibility index (Phi) is 58.2. The highest BCUT2D eigenvalue weighted by atomic mass is 16.6. The molecule has 1 unspecified atom stereocenters. The summed E-state index contributed by atoms with van der Waals surface area (Å²) in [5, 5.41) is 0. The van der Waals surface area contributed by atoms with E-state index in [2.05, 4.69) is 57.2 Å². The molecule has 71 heavy (non-hydrogen) atoms. The first-order valence-electron chi connectivity index (χ1n) is 31.5. The normalized spacial score (nSPS) is 12.2. The maximum atomic E-state index is 12.9. The molecule has 0 aliphatic heterocycles. The first kappa shape index (κ1) is 68.6. The highest BCUT2D eigenvalue weighted by Gasteiger charge is 2.19. The molecule has 0 bridgehead atoms. The van der Waals surface area contributed by atoms with Gasteiger partial charge in [-0.2, -0.15) is 0 Å². The van der Waals surface area contributed by atoms with E-state index in [4.69, 9.17) is 14.2 Å². The molecule has 6 nitrogen and oxygen atoms in total. The Morgan fingerprint density at radius 2 is 0.507 bits per heavy atom. The molecule has 0 rings (SSSR count). The second-order valence-electron chi connectivity index (χ2n) is 21.3. The van der Waals surface area contributed by atoms with Gasteiger partial charge >= 0.3 is 17.9 Å². The quantitative estimate of drug-likeness (QED) is 0.0261. The van der Waals surface area contributed by atoms with Gasteiger partial charge in [-0.25, -0.2) is 0 Å². The van der Waals surface area contributed by atoms with Gasteiger partial charge in [-0.15, -0.1) is 0 Å². The zero-order chi connectivity index (χ0) is 51.4. The molecule has 0 radical (unpaired) electrons. The third-order valence-corrected chi connectivity index (χ3v) is 14.1. The van der Waals surface area contributed by atoms with Crippen molar-refractivity contribution >= 4 is 17.9 Å². The van der Waals surface area contributed by atoms with Crippen LogP contribution in [0.4, 0.5) is 0 Å². The van der Waals surface area contributed by atoms with Crippen molar-refractivity contribution in [2.24, 2.45) is 0 Å². The molecular weight excluding hydrogens is 877 g/mol. The zero-order valence-electron chi connectivity index (χ0n) is 47.8. The van der Waals surface area contributed by atoms with Crippen LogP contribution in [0.25, 0.3) is 0 Å². The van der Waals surface area contributed by atoms with Crippen LogP contribution >= 0.6 is 0 Å². The SMILES string of the molecule is CCCCCC/C=C\C/C=C\CCCCCCCCCC(=O)OC(COC(=O)CCCCCCC/C=C\CCCCCCC)COC(=O)CCCCCCCCCCCCCCCCCCCCCCC. The first-order valence-corrected chi connectivity index (χ1v) is 31.5. The number of hydrogen-bond donors (Lipinski definition) is 0. The first-order chi connectivity index (χ1) is 35.0. The van der Waals surface area contributed by atoms with E-state index in [1.54, 1.807) is 0 Å². The van der Waals surface area contributed by atoms with Crippen LogP contribution in [-0.2, 0) is 28.6 Å². The largest absolute Gasteiger partial charge is 0.462 e. The zero-order valence-corrected chi connectivity index (χ0v) is 47.8. The number of rotatable bonds is 58. The number of unbranched alkanes of at least 4 members (excludes halogenated alkanes) is 41. The summed E-state index contributed by atoms with van der Waals surface area (Å²) in [5.74, 6) is -0.869. The van der Waals surface area contributed by atoms with Crippen LogP contribution in [0.2, 0.25) is 0 Å². The van der Waals surface area contributed by atoms with E-state index in [9.17, 15) is 14.4 Å². The molecule has 0 N–H and O–H groups in total. The van der Waals surface area contributed by atoms with E-state index in [1.165, 1.54) is 225 Å². The minimum Gasteiger partial charge on any atom is -0.462 e. The lowest BCUT2D eigenvalue weighted by Crippen LogP contribution is -2.30. The van der Waals surface area contributed by atoms with Crippen molar-refractivity contribution in [1.82, 2.24) is 0 Å². The molecule has 0 aromatic heterocycles. The monoisotopic (exact) mass is 997 g/mol. The van der Waals surface area contributed by atoms with Crippen molar-refractivity contribution in [1.29, 1.82) is 0 Å². The van der Waals surface area contributed by atoms with Crippen LogP contribution in [0, 0.1) is 0 Å². The number of carbonyl (C=O) groups excluding carboxylic acids is 3. The molecule has 0 amide bonds. The summed E-state index contributed by atoms with van der Waals surface area (Å²) in [6.45, 7) is 6.66. The van der Waals surface area contributed by atoms with E-state index in [0.717, 1.165) is 77.0 Å². The lowest BCUT2D eigenvalue weighted by molar-refractivity contribution is -0.167. The van der Waals surface area contributed by atoms with Crippen LogP contribution in [0.15, 0.2) is 36.5 Å². The van der Waals surface area contributed by atoms with Gasteiger partial charge in [0.25, 0.3) is 0 Å². The average molecular weight is 998 g/mol. The minimum atomic E-state index is -0.778.